The van der Waals surface area contributed by atoms with Crippen molar-refractivity contribution < 1.29 is 9.59 Å². The highest BCUT2D eigenvalue weighted by Crippen LogP contribution is 2.31. The highest BCUT2D eigenvalue weighted by Gasteiger charge is 2.40. The summed E-state index contributed by atoms with van der Waals surface area (Å²) in [6, 6.07) is 12.3. The number of imide groups is 1. The summed E-state index contributed by atoms with van der Waals surface area (Å²) in [6.07, 6.45) is 0.122. The van der Waals surface area contributed by atoms with Crippen LogP contribution in [-0.2, 0) is 9.59 Å². The molecule has 2 aromatic carbocycles. The van der Waals surface area contributed by atoms with Gasteiger partial charge in [-0.05, 0) is 43.2 Å². The molecule has 5 heteroatoms. The Morgan fingerprint density at radius 3 is 2.61 bits per heavy atom. The average molecular weight is 329 g/mol. The van der Waals surface area contributed by atoms with Crippen LogP contribution in [0.25, 0.3) is 0 Å². The molecule has 118 valence electrons. The molecule has 1 aliphatic rings. The van der Waals surface area contributed by atoms with Crippen molar-refractivity contribution in [1.29, 1.82) is 0 Å². The predicted molar refractivity (Wildman–Crippen MR) is 91.9 cm³/mol. The van der Waals surface area contributed by atoms with E-state index in [0.717, 1.165) is 16.8 Å². The van der Waals surface area contributed by atoms with Crippen LogP contribution < -0.4 is 10.2 Å². The number of aryl methyl sites for hydroxylation is 2. The van der Waals surface area contributed by atoms with E-state index in [4.69, 9.17) is 11.6 Å². The fraction of sp³-hybridized carbons (Fsp3) is 0.222. The number of hydrogen-bond donors (Lipinski definition) is 1. The summed E-state index contributed by atoms with van der Waals surface area (Å²) in [5.41, 5.74) is 3.44. The highest BCUT2D eigenvalue weighted by molar-refractivity contribution is 6.36. The number of benzene rings is 2. The molecule has 4 nitrogen and oxygen atoms in total. The predicted octanol–water partition coefficient (Wildman–Crippen LogP) is 3.70. The van der Waals surface area contributed by atoms with Gasteiger partial charge in [-0.1, -0.05) is 35.9 Å². The Morgan fingerprint density at radius 2 is 1.87 bits per heavy atom. The molecule has 0 bridgehead atoms. The van der Waals surface area contributed by atoms with Crippen molar-refractivity contribution in [2.24, 2.45) is 0 Å². The fourth-order valence-corrected chi connectivity index (χ4v) is 2.93. The van der Waals surface area contributed by atoms with Gasteiger partial charge < -0.3 is 5.32 Å². The van der Waals surface area contributed by atoms with Crippen LogP contribution in [0.5, 0.6) is 0 Å². The number of carbonyl (C=O) groups excluding carboxylic acids is 2. The molecule has 1 N–H and O–H groups in total. The lowest BCUT2D eigenvalue weighted by Gasteiger charge is -2.18. The minimum atomic E-state index is -0.570. The Balaban J connectivity index is 1.87. The van der Waals surface area contributed by atoms with E-state index in [1.807, 2.05) is 32.0 Å². The van der Waals surface area contributed by atoms with Crippen LogP contribution in [-0.4, -0.2) is 17.9 Å². The number of carbonyl (C=O) groups is 2. The molecule has 2 amide bonds. The quantitative estimate of drug-likeness (QED) is 0.874. The monoisotopic (exact) mass is 328 g/mol. The van der Waals surface area contributed by atoms with Gasteiger partial charge in [-0.2, -0.15) is 0 Å². The number of anilines is 2. The summed E-state index contributed by atoms with van der Waals surface area (Å²) < 4.78 is 0. The Kier molecular flexibility index (Phi) is 4.09. The Morgan fingerprint density at radius 1 is 1.13 bits per heavy atom. The first-order chi connectivity index (χ1) is 11.0. The van der Waals surface area contributed by atoms with Crippen molar-refractivity contribution in [1.82, 2.24) is 0 Å². The number of amides is 2. The molecule has 1 aliphatic heterocycles. The van der Waals surface area contributed by atoms with Gasteiger partial charge in [0.2, 0.25) is 5.91 Å². The molecule has 1 saturated heterocycles. The van der Waals surface area contributed by atoms with Gasteiger partial charge in [0.25, 0.3) is 5.91 Å². The maximum atomic E-state index is 12.7. The van der Waals surface area contributed by atoms with Gasteiger partial charge >= 0.3 is 0 Å². The van der Waals surface area contributed by atoms with Crippen LogP contribution in [0.1, 0.15) is 17.5 Å². The summed E-state index contributed by atoms with van der Waals surface area (Å²) >= 11 is 6.12. The number of nitrogens with zero attached hydrogens (tertiary/aromatic N) is 1. The molecule has 0 radical (unpaired) electrons. The first-order valence-corrected chi connectivity index (χ1v) is 7.80. The second-order valence-corrected chi connectivity index (χ2v) is 6.15. The summed E-state index contributed by atoms with van der Waals surface area (Å²) in [7, 11) is 0. The van der Waals surface area contributed by atoms with Gasteiger partial charge in [0.05, 0.1) is 17.1 Å². The lowest BCUT2D eigenvalue weighted by molar-refractivity contribution is -0.121. The van der Waals surface area contributed by atoms with Crippen molar-refractivity contribution in [3.63, 3.8) is 0 Å². The van der Waals surface area contributed by atoms with Crippen molar-refractivity contribution >= 4 is 34.8 Å². The lowest BCUT2D eigenvalue weighted by Crippen LogP contribution is -2.35. The van der Waals surface area contributed by atoms with Crippen LogP contribution in [0.15, 0.2) is 42.5 Å². The first-order valence-electron chi connectivity index (χ1n) is 7.42. The molecule has 0 aliphatic carbocycles. The summed E-state index contributed by atoms with van der Waals surface area (Å²) in [6.45, 7) is 3.96. The average Bonchev–Trinajstić information content (AvgIpc) is 2.78. The molecule has 0 spiro atoms. The molecule has 3 rings (SSSR count). The summed E-state index contributed by atoms with van der Waals surface area (Å²) in [4.78, 5) is 26.1. The van der Waals surface area contributed by atoms with Crippen LogP contribution in [0.4, 0.5) is 11.4 Å². The normalized spacial score (nSPS) is 17.7. The summed E-state index contributed by atoms with van der Waals surface area (Å²) in [5, 5.41) is 3.58. The van der Waals surface area contributed by atoms with Gasteiger partial charge in [-0.15, -0.1) is 0 Å². The van der Waals surface area contributed by atoms with Crippen LogP contribution in [0, 0.1) is 13.8 Å². The number of rotatable bonds is 3. The van der Waals surface area contributed by atoms with Gasteiger partial charge in [-0.3, -0.25) is 9.59 Å². The van der Waals surface area contributed by atoms with Crippen molar-refractivity contribution in [3.05, 3.63) is 58.6 Å². The largest absolute Gasteiger partial charge is 0.373 e. The molecule has 1 fully saturated rings. The summed E-state index contributed by atoms with van der Waals surface area (Å²) in [5.74, 6) is -0.519. The van der Waals surface area contributed by atoms with E-state index in [0.29, 0.717) is 10.7 Å². The van der Waals surface area contributed by atoms with Gasteiger partial charge in [0, 0.05) is 5.69 Å². The highest BCUT2D eigenvalue weighted by atomic mass is 35.5. The topological polar surface area (TPSA) is 49.4 Å². The Hall–Kier alpha value is -2.33. The second kappa shape index (κ2) is 6.05. The fourth-order valence-electron chi connectivity index (χ4n) is 2.71. The Bertz CT molecular complexity index is 788. The van der Waals surface area contributed by atoms with Crippen LogP contribution in [0.2, 0.25) is 5.02 Å². The van der Waals surface area contributed by atoms with Crippen molar-refractivity contribution in [2.75, 3.05) is 10.2 Å². The van der Waals surface area contributed by atoms with E-state index >= 15 is 0 Å². The third kappa shape index (κ3) is 2.94. The third-order valence-corrected chi connectivity index (χ3v) is 4.28. The van der Waals surface area contributed by atoms with E-state index in [-0.39, 0.29) is 18.2 Å². The number of para-hydroxylation sites is 1. The van der Waals surface area contributed by atoms with Crippen LogP contribution >= 0.6 is 11.6 Å². The molecule has 0 unspecified atom stereocenters. The zero-order valence-corrected chi connectivity index (χ0v) is 13.7. The number of halogens is 1. The van der Waals surface area contributed by atoms with E-state index < -0.39 is 6.04 Å². The van der Waals surface area contributed by atoms with Gasteiger partial charge in [-0.25, -0.2) is 4.90 Å². The first kappa shape index (κ1) is 15.6. The SMILES string of the molecule is Cc1ccc(C)c(N[C@H]2CC(=O)N(c3ccccc3Cl)C2=O)c1. The van der Waals surface area contributed by atoms with Gasteiger partial charge in [0.1, 0.15) is 6.04 Å². The molecule has 23 heavy (non-hydrogen) atoms. The molecular formula is C18H17ClN2O2. The second-order valence-electron chi connectivity index (χ2n) is 5.74. The molecule has 2 aromatic rings. The maximum Gasteiger partial charge on any atom is 0.256 e. The smallest absolute Gasteiger partial charge is 0.256 e. The third-order valence-electron chi connectivity index (χ3n) is 3.96. The number of nitrogens with one attached hydrogen (secondary N) is 1. The molecule has 1 atom stereocenters. The van der Waals surface area contributed by atoms with Crippen molar-refractivity contribution in [3.8, 4) is 0 Å². The maximum absolute atomic E-state index is 12.7. The molecule has 1 heterocycles. The van der Waals surface area contributed by atoms with Crippen LogP contribution in [0.3, 0.4) is 0 Å². The number of hydrogen-bond acceptors (Lipinski definition) is 3. The minimum absolute atomic E-state index is 0.122. The van der Waals surface area contributed by atoms with E-state index in [1.54, 1.807) is 24.3 Å². The van der Waals surface area contributed by atoms with Gasteiger partial charge in [0.15, 0.2) is 0 Å². The standard InChI is InChI=1S/C18H17ClN2O2/c1-11-7-8-12(2)14(9-11)20-15-10-17(22)21(18(15)23)16-6-4-3-5-13(16)19/h3-9,15,20H,10H2,1-2H3/t15-/m0/s1. The van der Waals surface area contributed by atoms with Crippen molar-refractivity contribution in [2.45, 2.75) is 26.3 Å². The van der Waals surface area contributed by atoms with E-state index in [2.05, 4.69) is 5.32 Å². The molecule has 0 saturated carbocycles. The van der Waals surface area contributed by atoms with E-state index in [9.17, 15) is 9.59 Å². The molecular weight excluding hydrogens is 312 g/mol. The zero-order valence-electron chi connectivity index (χ0n) is 13.0. The lowest BCUT2D eigenvalue weighted by atomic mass is 10.1. The molecule has 0 aromatic heterocycles. The van der Waals surface area contributed by atoms with E-state index in [1.165, 1.54) is 4.90 Å². The minimum Gasteiger partial charge on any atom is -0.373 e. The zero-order chi connectivity index (χ0) is 16.6. The Labute approximate surface area is 140 Å².